The average Bonchev–Trinajstić information content (AvgIpc) is 3.29. The van der Waals surface area contributed by atoms with Gasteiger partial charge in [-0.05, 0) is 36.3 Å². The molecule has 0 spiro atoms. The van der Waals surface area contributed by atoms with Crippen LogP contribution in [0.3, 0.4) is 0 Å². The van der Waals surface area contributed by atoms with Crippen LogP contribution in [0, 0.1) is 0 Å². The van der Waals surface area contributed by atoms with E-state index in [4.69, 9.17) is 0 Å². The summed E-state index contributed by atoms with van der Waals surface area (Å²) in [5.41, 5.74) is 1.03. The first-order valence-corrected chi connectivity index (χ1v) is 10.1. The molecule has 130 valence electrons. The molecule has 0 bridgehead atoms. The van der Waals surface area contributed by atoms with Crippen LogP contribution in [-0.2, 0) is 28.3 Å². The standard InChI is InChI=1S/C15H20N4O3S2/c1-18-11-12(10-17-18)6-7-16-15(20)13-4-2-8-19(13)24(21,22)14-5-3-9-23-14/h3,5,9-11,13H,2,4,6-8H2,1H3,(H,16,20)/t13-/m1/s1. The van der Waals surface area contributed by atoms with E-state index < -0.39 is 16.1 Å². The number of hydrogen-bond donors (Lipinski definition) is 1. The normalized spacial score (nSPS) is 18.8. The molecule has 0 unspecified atom stereocenters. The first-order chi connectivity index (χ1) is 11.5. The number of sulfonamides is 1. The molecule has 2 aromatic heterocycles. The Kier molecular flexibility index (Phi) is 5.02. The highest BCUT2D eigenvalue weighted by atomic mass is 32.2. The fourth-order valence-electron chi connectivity index (χ4n) is 2.86. The predicted octanol–water partition coefficient (Wildman–Crippen LogP) is 0.994. The third-order valence-corrected chi connectivity index (χ3v) is 7.32. The molecule has 1 N–H and O–H groups in total. The van der Waals surface area contributed by atoms with E-state index in [0.717, 1.165) is 5.56 Å². The summed E-state index contributed by atoms with van der Waals surface area (Å²) in [5, 5.41) is 8.66. The minimum absolute atomic E-state index is 0.225. The number of nitrogens with zero attached hydrogens (tertiary/aromatic N) is 3. The number of thiophene rings is 1. The number of carbonyl (C=O) groups is 1. The second kappa shape index (κ2) is 7.04. The van der Waals surface area contributed by atoms with E-state index in [2.05, 4.69) is 10.4 Å². The van der Waals surface area contributed by atoms with Gasteiger partial charge in [-0.15, -0.1) is 11.3 Å². The van der Waals surface area contributed by atoms with Crippen LogP contribution in [-0.4, -0.2) is 47.5 Å². The summed E-state index contributed by atoms with van der Waals surface area (Å²) >= 11 is 1.18. The number of nitrogens with one attached hydrogen (secondary N) is 1. The van der Waals surface area contributed by atoms with Crippen LogP contribution in [0.25, 0.3) is 0 Å². The van der Waals surface area contributed by atoms with E-state index in [1.165, 1.54) is 15.6 Å². The highest BCUT2D eigenvalue weighted by Crippen LogP contribution is 2.28. The van der Waals surface area contributed by atoms with Crippen LogP contribution in [0.15, 0.2) is 34.1 Å². The summed E-state index contributed by atoms with van der Waals surface area (Å²) in [7, 11) is -1.74. The lowest BCUT2D eigenvalue weighted by Crippen LogP contribution is -2.46. The van der Waals surface area contributed by atoms with Crippen LogP contribution < -0.4 is 5.32 Å². The smallest absolute Gasteiger partial charge is 0.253 e. The molecule has 0 radical (unpaired) electrons. The van der Waals surface area contributed by atoms with Crippen molar-refractivity contribution in [2.45, 2.75) is 29.5 Å². The third-order valence-electron chi connectivity index (χ3n) is 4.04. The fourth-order valence-corrected chi connectivity index (χ4v) is 5.64. The van der Waals surface area contributed by atoms with E-state index in [0.29, 0.717) is 32.4 Å². The van der Waals surface area contributed by atoms with Crippen LogP contribution in [0.1, 0.15) is 18.4 Å². The van der Waals surface area contributed by atoms with Crippen molar-refractivity contribution in [1.29, 1.82) is 0 Å². The number of rotatable bonds is 6. The minimum Gasteiger partial charge on any atom is -0.354 e. The Morgan fingerprint density at radius 3 is 3.00 bits per heavy atom. The van der Waals surface area contributed by atoms with Gasteiger partial charge in [0.05, 0.1) is 6.20 Å². The Labute approximate surface area is 145 Å². The van der Waals surface area contributed by atoms with Gasteiger partial charge in [0, 0.05) is 26.3 Å². The Morgan fingerprint density at radius 1 is 1.50 bits per heavy atom. The number of hydrogen-bond acceptors (Lipinski definition) is 5. The van der Waals surface area contributed by atoms with Gasteiger partial charge >= 0.3 is 0 Å². The first kappa shape index (κ1) is 17.1. The molecule has 0 saturated carbocycles. The van der Waals surface area contributed by atoms with E-state index in [9.17, 15) is 13.2 Å². The third kappa shape index (κ3) is 3.52. The zero-order valence-corrected chi connectivity index (χ0v) is 15.0. The van der Waals surface area contributed by atoms with Crippen molar-refractivity contribution in [3.05, 3.63) is 35.5 Å². The lowest BCUT2D eigenvalue weighted by molar-refractivity contribution is -0.124. The van der Waals surface area contributed by atoms with Gasteiger partial charge in [0.1, 0.15) is 10.3 Å². The summed E-state index contributed by atoms with van der Waals surface area (Å²) < 4.78 is 28.6. The van der Waals surface area contributed by atoms with Gasteiger partial charge in [-0.3, -0.25) is 9.48 Å². The molecule has 0 aliphatic carbocycles. The maximum Gasteiger partial charge on any atom is 0.253 e. The molecular formula is C15H20N4O3S2. The monoisotopic (exact) mass is 368 g/mol. The maximum absolute atomic E-state index is 12.7. The highest BCUT2D eigenvalue weighted by Gasteiger charge is 2.39. The summed E-state index contributed by atoms with van der Waals surface area (Å²) in [5.74, 6) is -0.225. The van der Waals surface area contributed by atoms with Crippen molar-refractivity contribution in [2.24, 2.45) is 7.05 Å². The number of amides is 1. The number of carbonyl (C=O) groups excluding carboxylic acids is 1. The van der Waals surface area contributed by atoms with Crippen molar-refractivity contribution >= 4 is 27.3 Å². The lowest BCUT2D eigenvalue weighted by Gasteiger charge is -2.22. The van der Waals surface area contributed by atoms with Crippen molar-refractivity contribution in [3.8, 4) is 0 Å². The zero-order chi connectivity index (χ0) is 17.2. The van der Waals surface area contributed by atoms with Gasteiger partial charge in [0.25, 0.3) is 10.0 Å². The van der Waals surface area contributed by atoms with Gasteiger partial charge in [0.15, 0.2) is 0 Å². The lowest BCUT2D eigenvalue weighted by atomic mass is 10.2. The molecule has 1 atom stereocenters. The van der Waals surface area contributed by atoms with Gasteiger partial charge in [0.2, 0.25) is 5.91 Å². The van der Waals surface area contributed by atoms with Crippen LogP contribution in [0.2, 0.25) is 0 Å². The molecule has 3 heterocycles. The van der Waals surface area contributed by atoms with E-state index in [1.807, 2.05) is 13.2 Å². The molecule has 9 heteroatoms. The summed E-state index contributed by atoms with van der Waals surface area (Å²) in [6, 6.07) is 2.66. The molecule has 1 fully saturated rings. The fraction of sp³-hybridized carbons (Fsp3) is 0.467. The molecule has 24 heavy (non-hydrogen) atoms. The van der Waals surface area contributed by atoms with Gasteiger partial charge in [-0.25, -0.2) is 8.42 Å². The summed E-state index contributed by atoms with van der Waals surface area (Å²) in [6.07, 6.45) is 5.59. The van der Waals surface area contributed by atoms with E-state index in [-0.39, 0.29) is 10.1 Å². The largest absolute Gasteiger partial charge is 0.354 e. The second-order valence-corrected chi connectivity index (χ2v) is 8.83. The Balaban J connectivity index is 1.61. The average molecular weight is 368 g/mol. The van der Waals surface area contributed by atoms with Crippen molar-refractivity contribution in [2.75, 3.05) is 13.1 Å². The minimum atomic E-state index is -3.59. The summed E-state index contributed by atoms with van der Waals surface area (Å²) in [6.45, 7) is 0.856. The Hall–Kier alpha value is -1.71. The van der Waals surface area contributed by atoms with E-state index in [1.54, 1.807) is 28.4 Å². The van der Waals surface area contributed by atoms with Crippen LogP contribution in [0.5, 0.6) is 0 Å². The molecule has 1 saturated heterocycles. The predicted molar refractivity (Wildman–Crippen MR) is 91.2 cm³/mol. The number of aromatic nitrogens is 2. The van der Waals surface area contributed by atoms with Gasteiger partial charge in [-0.1, -0.05) is 6.07 Å². The van der Waals surface area contributed by atoms with E-state index >= 15 is 0 Å². The van der Waals surface area contributed by atoms with Crippen molar-refractivity contribution < 1.29 is 13.2 Å². The van der Waals surface area contributed by atoms with Crippen molar-refractivity contribution in [3.63, 3.8) is 0 Å². The molecule has 0 aromatic carbocycles. The molecule has 1 amide bonds. The van der Waals surface area contributed by atoms with Crippen molar-refractivity contribution in [1.82, 2.24) is 19.4 Å². The first-order valence-electron chi connectivity index (χ1n) is 7.79. The quantitative estimate of drug-likeness (QED) is 0.824. The molecule has 1 aliphatic heterocycles. The molecule has 1 aliphatic rings. The molecule has 2 aromatic rings. The highest BCUT2D eigenvalue weighted by molar-refractivity contribution is 7.91. The van der Waals surface area contributed by atoms with Crippen LogP contribution in [0.4, 0.5) is 0 Å². The van der Waals surface area contributed by atoms with Gasteiger partial charge < -0.3 is 5.32 Å². The maximum atomic E-state index is 12.7. The van der Waals surface area contributed by atoms with Gasteiger partial charge in [-0.2, -0.15) is 9.40 Å². The molecule has 7 nitrogen and oxygen atoms in total. The molecular weight excluding hydrogens is 348 g/mol. The Morgan fingerprint density at radius 2 is 2.33 bits per heavy atom. The SMILES string of the molecule is Cn1cc(CCNC(=O)[C@H]2CCCN2S(=O)(=O)c2cccs2)cn1. The number of aryl methyl sites for hydroxylation is 1. The second-order valence-electron chi connectivity index (χ2n) is 5.77. The zero-order valence-electron chi connectivity index (χ0n) is 13.4. The molecule has 3 rings (SSSR count). The Bertz CT molecular complexity index is 799. The van der Waals surface area contributed by atoms with Crippen LogP contribution >= 0.6 is 11.3 Å². The summed E-state index contributed by atoms with van der Waals surface area (Å²) in [4.78, 5) is 12.4. The topological polar surface area (TPSA) is 84.3 Å².